The van der Waals surface area contributed by atoms with Gasteiger partial charge in [-0.25, -0.2) is 0 Å². The van der Waals surface area contributed by atoms with Crippen LogP contribution in [0.15, 0.2) is 24.3 Å². The molecule has 3 rings (SSSR count). The molecule has 2 saturated carbocycles. The van der Waals surface area contributed by atoms with Gasteiger partial charge in [0.25, 0.3) is 0 Å². The van der Waals surface area contributed by atoms with E-state index in [-0.39, 0.29) is 17.2 Å². The quantitative estimate of drug-likeness (QED) is 0.859. The summed E-state index contributed by atoms with van der Waals surface area (Å²) in [5, 5.41) is 3.40. The number of halogens is 2. The van der Waals surface area contributed by atoms with E-state index >= 15 is 0 Å². The third-order valence-corrected chi connectivity index (χ3v) is 4.87. The summed E-state index contributed by atoms with van der Waals surface area (Å²) in [6, 6.07) is 7.17. The summed E-state index contributed by atoms with van der Waals surface area (Å²) in [5.74, 6) is 0.210. The Bertz CT molecular complexity index is 491. The average Bonchev–Trinajstić information content (AvgIpc) is 2.36. The van der Waals surface area contributed by atoms with Crippen LogP contribution in [-0.2, 0) is 4.74 Å². The van der Waals surface area contributed by atoms with Crippen molar-refractivity contribution in [2.45, 2.75) is 51.4 Å². The number of alkyl halides is 2. The maximum atomic E-state index is 12.5. The first-order chi connectivity index (χ1) is 10.2. The third-order valence-electron chi connectivity index (χ3n) is 4.87. The van der Waals surface area contributed by atoms with Gasteiger partial charge in [0, 0.05) is 18.1 Å². The van der Waals surface area contributed by atoms with Gasteiger partial charge in [0.05, 0.1) is 11.8 Å². The molecule has 21 heavy (non-hydrogen) atoms. The van der Waals surface area contributed by atoms with Gasteiger partial charge in [-0.2, -0.15) is 8.78 Å². The zero-order chi connectivity index (χ0) is 14.9. The Hall–Kier alpha value is -1.36. The lowest BCUT2D eigenvalue weighted by atomic mass is 9.51. The summed E-state index contributed by atoms with van der Waals surface area (Å²) in [6.07, 6.45) is 4.74. The Morgan fingerprint density at radius 2 is 2.10 bits per heavy atom. The minimum atomic E-state index is -2.80. The first kappa shape index (κ1) is 14.6. The smallest absolute Gasteiger partial charge is 0.387 e. The van der Waals surface area contributed by atoms with Gasteiger partial charge in [0.2, 0.25) is 0 Å². The van der Waals surface area contributed by atoms with Crippen molar-refractivity contribution in [2.75, 3.05) is 11.9 Å². The molecule has 2 unspecified atom stereocenters. The molecule has 0 bridgehead atoms. The Morgan fingerprint density at radius 3 is 2.71 bits per heavy atom. The van der Waals surface area contributed by atoms with E-state index in [9.17, 15) is 8.78 Å². The topological polar surface area (TPSA) is 30.5 Å². The van der Waals surface area contributed by atoms with Gasteiger partial charge in [-0.15, -0.1) is 0 Å². The predicted molar refractivity (Wildman–Crippen MR) is 76.8 cm³/mol. The highest BCUT2D eigenvalue weighted by Crippen LogP contribution is 2.58. The Balaban J connectivity index is 1.70. The molecular weight excluding hydrogens is 276 g/mol. The zero-order valence-electron chi connectivity index (χ0n) is 12.1. The second kappa shape index (κ2) is 5.79. The van der Waals surface area contributed by atoms with E-state index in [0.29, 0.717) is 11.8 Å². The Labute approximate surface area is 123 Å². The van der Waals surface area contributed by atoms with E-state index in [1.54, 1.807) is 18.2 Å². The summed E-state index contributed by atoms with van der Waals surface area (Å²) < 4.78 is 35.3. The van der Waals surface area contributed by atoms with Crippen molar-refractivity contribution in [3.05, 3.63) is 24.3 Å². The summed E-state index contributed by atoms with van der Waals surface area (Å²) in [5.41, 5.74) is 0.831. The lowest BCUT2D eigenvalue weighted by Crippen LogP contribution is -2.64. The molecular formula is C16H21F2NO2. The molecule has 2 aliphatic rings. The minimum absolute atomic E-state index is 0.188. The first-order valence-corrected chi connectivity index (χ1v) is 7.57. The van der Waals surface area contributed by atoms with Crippen molar-refractivity contribution in [3.8, 4) is 5.75 Å². The molecule has 0 aromatic heterocycles. The summed E-state index contributed by atoms with van der Waals surface area (Å²) in [7, 11) is 0. The van der Waals surface area contributed by atoms with Crippen LogP contribution in [-0.4, -0.2) is 25.4 Å². The van der Waals surface area contributed by atoms with Gasteiger partial charge in [-0.1, -0.05) is 18.6 Å². The molecule has 2 atom stereocenters. The van der Waals surface area contributed by atoms with E-state index in [1.807, 2.05) is 13.0 Å². The number of benzene rings is 1. The fourth-order valence-electron chi connectivity index (χ4n) is 3.61. The number of hydrogen-bond acceptors (Lipinski definition) is 3. The maximum Gasteiger partial charge on any atom is 0.387 e. The van der Waals surface area contributed by atoms with Gasteiger partial charge >= 0.3 is 6.61 Å². The Kier molecular flexibility index (Phi) is 4.02. The van der Waals surface area contributed by atoms with Gasteiger partial charge in [-0.3, -0.25) is 0 Å². The van der Waals surface area contributed by atoms with Crippen molar-refractivity contribution in [3.63, 3.8) is 0 Å². The second-order valence-electron chi connectivity index (χ2n) is 5.84. The number of ether oxygens (including phenoxy) is 2. The fraction of sp³-hybridized carbons (Fsp3) is 0.625. The fourth-order valence-corrected chi connectivity index (χ4v) is 3.61. The highest BCUT2D eigenvalue weighted by Gasteiger charge is 2.59. The largest absolute Gasteiger partial charge is 0.433 e. The van der Waals surface area contributed by atoms with Crippen molar-refractivity contribution in [2.24, 2.45) is 5.41 Å². The monoisotopic (exact) mass is 297 g/mol. The van der Waals surface area contributed by atoms with Gasteiger partial charge in [0.15, 0.2) is 0 Å². The van der Waals surface area contributed by atoms with Crippen molar-refractivity contribution in [1.82, 2.24) is 0 Å². The molecule has 1 aromatic rings. The molecule has 0 radical (unpaired) electrons. The van der Waals surface area contributed by atoms with Crippen LogP contribution >= 0.6 is 0 Å². The molecule has 116 valence electrons. The molecule has 0 saturated heterocycles. The van der Waals surface area contributed by atoms with Gasteiger partial charge in [0.1, 0.15) is 5.75 Å². The molecule has 3 nitrogen and oxygen atoms in total. The highest BCUT2D eigenvalue weighted by molar-refractivity contribution is 5.57. The van der Waals surface area contributed by atoms with Crippen LogP contribution in [0.25, 0.3) is 0 Å². The number of nitrogens with one attached hydrogen (secondary N) is 1. The van der Waals surface area contributed by atoms with Crippen LogP contribution in [0.3, 0.4) is 0 Å². The van der Waals surface area contributed by atoms with Crippen LogP contribution in [0.5, 0.6) is 5.75 Å². The first-order valence-electron chi connectivity index (χ1n) is 7.57. The van der Waals surface area contributed by atoms with E-state index in [1.165, 1.54) is 6.42 Å². The standard InChI is InChI=1S/C16H21F2NO2/c1-2-20-14-10-13(16(14)8-5-9-16)19-11-6-3-4-7-12(11)21-15(17)18/h3-4,6-7,13-15,19H,2,5,8-10H2,1H3. The molecule has 1 aromatic carbocycles. The van der Waals surface area contributed by atoms with Gasteiger partial charge < -0.3 is 14.8 Å². The summed E-state index contributed by atoms with van der Waals surface area (Å²) >= 11 is 0. The van der Waals surface area contributed by atoms with Crippen molar-refractivity contribution >= 4 is 5.69 Å². The molecule has 1 spiro atoms. The SMILES string of the molecule is CCOC1CC(Nc2ccccc2OC(F)F)C12CCC2. The molecule has 0 heterocycles. The second-order valence-corrected chi connectivity index (χ2v) is 5.84. The van der Waals surface area contributed by atoms with E-state index in [4.69, 9.17) is 4.74 Å². The molecule has 2 aliphatic carbocycles. The van der Waals surface area contributed by atoms with Gasteiger partial charge in [-0.05, 0) is 38.3 Å². The molecule has 0 amide bonds. The zero-order valence-corrected chi connectivity index (χ0v) is 12.1. The number of rotatable bonds is 6. The lowest BCUT2D eigenvalue weighted by molar-refractivity contribution is -0.157. The summed E-state index contributed by atoms with van der Waals surface area (Å²) in [4.78, 5) is 0. The lowest BCUT2D eigenvalue weighted by Gasteiger charge is -2.61. The molecule has 1 N–H and O–H groups in total. The van der Waals surface area contributed by atoms with Crippen LogP contribution < -0.4 is 10.1 Å². The molecule has 5 heteroatoms. The number of hydrogen-bond donors (Lipinski definition) is 1. The molecule has 0 aliphatic heterocycles. The van der Waals surface area contributed by atoms with Crippen LogP contribution in [0.2, 0.25) is 0 Å². The van der Waals surface area contributed by atoms with Crippen LogP contribution in [0.4, 0.5) is 14.5 Å². The van der Waals surface area contributed by atoms with Crippen LogP contribution in [0.1, 0.15) is 32.6 Å². The van der Waals surface area contributed by atoms with Crippen molar-refractivity contribution < 1.29 is 18.3 Å². The van der Waals surface area contributed by atoms with E-state index in [2.05, 4.69) is 10.1 Å². The molecule has 2 fully saturated rings. The van der Waals surface area contributed by atoms with E-state index < -0.39 is 6.61 Å². The Morgan fingerprint density at radius 1 is 1.33 bits per heavy atom. The van der Waals surface area contributed by atoms with E-state index in [0.717, 1.165) is 25.9 Å². The third kappa shape index (κ3) is 2.59. The average molecular weight is 297 g/mol. The van der Waals surface area contributed by atoms with Crippen molar-refractivity contribution in [1.29, 1.82) is 0 Å². The minimum Gasteiger partial charge on any atom is -0.433 e. The maximum absolute atomic E-state index is 12.5. The van der Waals surface area contributed by atoms with Crippen LogP contribution in [0, 0.1) is 5.41 Å². The number of anilines is 1. The highest BCUT2D eigenvalue weighted by atomic mass is 19.3. The normalized spacial score (nSPS) is 26.3. The predicted octanol–water partition coefficient (Wildman–Crippen LogP) is 4.05. The summed E-state index contributed by atoms with van der Waals surface area (Å²) in [6.45, 7) is -0.0634. The number of para-hydroxylation sites is 2.